The van der Waals surface area contributed by atoms with Crippen molar-refractivity contribution < 1.29 is 5.11 Å². The van der Waals surface area contributed by atoms with Crippen LogP contribution in [0.5, 0.6) is 0 Å². The summed E-state index contributed by atoms with van der Waals surface area (Å²) in [6, 6.07) is 0.255. The molecule has 1 fully saturated rings. The Labute approximate surface area is 85.8 Å². The third-order valence-corrected chi connectivity index (χ3v) is 2.59. The van der Waals surface area contributed by atoms with Crippen molar-refractivity contribution in [2.75, 3.05) is 19.7 Å². The molecule has 1 aliphatic heterocycles. The van der Waals surface area contributed by atoms with Crippen molar-refractivity contribution >= 4 is 5.96 Å². The Morgan fingerprint density at radius 3 is 2.50 bits per heavy atom. The van der Waals surface area contributed by atoms with Crippen molar-refractivity contribution in [2.45, 2.75) is 32.7 Å². The number of nitrogens with zero attached hydrogens (tertiary/aromatic N) is 2. The monoisotopic (exact) mass is 199 g/mol. The van der Waals surface area contributed by atoms with E-state index in [1.54, 1.807) is 0 Å². The number of piperidine rings is 1. The van der Waals surface area contributed by atoms with Gasteiger partial charge < -0.3 is 15.7 Å². The van der Waals surface area contributed by atoms with Gasteiger partial charge in [-0.3, -0.25) is 4.99 Å². The van der Waals surface area contributed by atoms with Crippen LogP contribution in [0.1, 0.15) is 26.7 Å². The Morgan fingerprint density at radius 2 is 2.07 bits per heavy atom. The summed E-state index contributed by atoms with van der Waals surface area (Å²) >= 11 is 0. The molecule has 82 valence electrons. The molecule has 0 saturated carbocycles. The van der Waals surface area contributed by atoms with Crippen LogP contribution in [0.25, 0.3) is 0 Å². The largest absolute Gasteiger partial charge is 0.396 e. The van der Waals surface area contributed by atoms with Crippen LogP contribution in [-0.2, 0) is 0 Å². The van der Waals surface area contributed by atoms with E-state index in [2.05, 4.69) is 9.89 Å². The van der Waals surface area contributed by atoms with E-state index in [0.717, 1.165) is 25.9 Å². The molecule has 0 bridgehead atoms. The average Bonchev–Trinajstić information content (AvgIpc) is 2.17. The number of aliphatic hydroxyl groups is 1. The molecular formula is C10H21N3O. The van der Waals surface area contributed by atoms with Gasteiger partial charge in [-0.2, -0.15) is 0 Å². The van der Waals surface area contributed by atoms with E-state index in [0.29, 0.717) is 18.5 Å². The fraction of sp³-hybridized carbons (Fsp3) is 0.900. The second-order valence-electron chi connectivity index (χ2n) is 4.19. The highest BCUT2D eigenvalue weighted by Crippen LogP contribution is 2.15. The lowest BCUT2D eigenvalue weighted by Crippen LogP contribution is -2.43. The molecule has 3 N–H and O–H groups in total. The maximum absolute atomic E-state index is 8.98. The molecule has 1 rings (SSSR count). The van der Waals surface area contributed by atoms with E-state index in [1.807, 2.05) is 13.8 Å². The first-order valence-electron chi connectivity index (χ1n) is 5.32. The van der Waals surface area contributed by atoms with Crippen molar-refractivity contribution in [3.05, 3.63) is 0 Å². The minimum absolute atomic E-state index is 0.255. The molecule has 0 aromatic heterocycles. The molecule has 14 heavy (non-hydrogen) atoms. The lowest BCUT2D eigenvalue weighted by Gasteiger charge is -2.32. The van der Waals surface area contributed by atoms with E-state index in [9.17, 15) is 0 Å². The van der Waals surface area contributed by atoms with Crippen LogP contribution in [0.3, 0.4) is 0 Å². The van der Waals surface area contributed by atoms with Crippen LogP contribution >= 0.6 is 0 Å². The highest BCUT2D eigenvalue weighted by Gasteiger charge is 2.19. The van der Waals surface area contributed by atoms with E-state index < -0.39 is 0 Å². The molecule has 4 nitrogen and oxygen atoms in total. The van der Waals surface area contributed by atoms with Gasteiger partial charge in [0.15, 0.2) is 5.96 Å². The van der Waals surface area contributed by atoms with Gasteiger partial charge in [0.05, 0.1) is 0 Å². The molecule has 0 amide bonds. The molecular weight excluding hydrogens is 178 g/mol. The average molecular weight is 199 g/mol. The fourth-order valence-corrected chi connectivity index (χ4v) is 1.69. The smallest absolute Gasteiger partial charge is 0.191 e. The summed E-state index contributed by atoms with van der Waals surface area (Å²) in [5.74, 6) is 1.11. The van der Waals surface area contributed by atoms with Gasteiger partial charge in [-0.1, -0.05) is 0 Å². The number of aliphatic imine (C=N–C) groups is 1. The number of likely N-dealkylation sites (tertiary alicyclic amines) is 1. The van der Waals surface area contributed by atoms with Crippen LogP contribution in [-0.4, -0.2) is 41.7 Å². The highest BCUT2D eigenvalue weighted by atomic mass is 16.3. The minimum atomic E-state index is 0.255. The predicted molar refractivity (Wildman–Crippen MR) is 58.1 cm³/mol. The third-order valence-electron chi connectivity index (χ3n) is 2.59. The Morgan fingerprint density at radius 1 is 1.50 bits per heavy atom. The first kappa shape index (κ1) is 11.3. The quantitative estimate of drug-likeness (QED) is 0.500. The van der Waals surface area contributed by atoms with E-state index in [4.69, 9.17) is 10.8 Å². The van der Waals surface area contributed by atoms with Gasteiger partial charge >= 0.3 is 0 Å². The van der Waals surface area contributed by atoms with Crippen LogP contribution in [0, 0.1) is 5.92 Å². The zero-order valence-electron chi connectivity index (χ0n) is 9.11. The molecule has 0 radical (unpaired) electrons. The zero-order valence-corrected chi connectivity index (χ0v) is 9.11. The number of hydrogen-bond acceptors (Lipinski definition) is 2. The predicted octanol–water partition coefficient (Wildman–Crippen LogP) is 0.414. The van der Waals surface area contributed by atoms with Gasteiger partial charge in [-0.25, -0.2) is 0 Å². The topological polar surface area (TPSA) is 61.8 Å². The molecule has 0 aliphatic carbocycles. The lowest BCUT2D eigenvalue weighted by molar-refractivity contribution is 0.165. The first-order chi connectivity index (χ1) is 6.63. The highest BCUT2D eigenvalue weighted by molar-refractivity contribution is 5.78. The Bertz CT molecular complexity index is 196. The summed E-state index contributed by atoms with van der Waals surface area (Å²) in [5.41, 5.74) is 5.85. The Hall–Kier alpha value is -0.770. The molecule has 0 unspecified atom stereocenters. The third kappa shape index (κ3) is 3.18. The number of guanidine groups is 1. The lowest BCUT2D eigenvalue weighted by atomic mass is 9.98. The SMILES string of the molecule is CC(C)N=C(N)N1CCC(CO)CC1. The summed E-state index contributed by atoms with van der Waals surface area (Å²) in [7, 11) is 0. The van der Waals surface area contributed by atoms with Crippen molar-refractivity contribution in [3.63, 3.8) is 0 Å². The second-order valence-corrected chi connectivity index (χ2v) is 4.19. The standard InChI is InChI=1S/C10H21N3O/c1-8(2)12-10(11)13-5-3-9(7-14)4-6-13/h8-9,14H,3-7H2,1-2H3,(H2,11,12). The maximum atomic E-state index is 8.98. The molecule has 1 saturated heterocycles. The summed E-state index contributed by atoms with van der Waals surface area (Å²) in [6.07, 6.45) is 2.04. The Balaban J connectivity index is 2.41. The van der Waals surface area contributed by atoms with Crippen LogP contribution in [0.2, 0.25) is 0 Å². The van der Waals surface area contributed by atoms with E-state index in [-0.39, 0.29) is 6.04 Å². The zero-order chi connectivity index (χ0) is 10.6. The normalized spacial score (nSPS) is 20.6. The number of nitrogens with two attached hydrogens (primary N) is 1. The maximum Gasteiger partial charge on any atom is 0.191 e. The van der Waals surface area contributed by atoms with Crippen LogP contribution in [0.15, 0.2) is 4.99 Å². The summed E-state index contributed by atoms with van der Waals surface area (Å²) in [6.45, 7) is 6.19. The summed E-state index contributed by atoms with van der Waals surface area (Å²) in [5, 5.41) is 8.98. The minimum Gasteiger partial charge on any atom is -0.396 e. The molecule has 0 aromatic rings. The molecule has 0 spiro atoms. The van der Waals surface area contributed by atoms with E-state index in [1.165, 1.54) is 0 Å². The van der Waals surface area contributed by atoms with Gasteiger partial charge in [0.1, 0.15) is 0 Å². The number of aliphatic hydroxyl groups excluding tert-OH is 1. The van der Waals surface area contributed by atoms with Gasteiger partial charge in [-0.15, -0.1) is 0 Å². The van der Waals surface area contributed by atoms with Crippen LogP contribution < -0.4 is 5.73 Å². The molecule has 0 aromatic carbocycles. The molecule has 4 heteroatoms. The van der Waals surface area contributed by atoms with Gasteiger partial charge in [0.2, 0.25) is 0 Å². The molecule has 1 heterocycles. The fourth-order valence-electron chi connectivity index (χ4n) is 1.69. The van der Waals surface area contributed by atoms with Crippen molar-refractivity contribution in [1.29, 1.82) is 0 Å². The second kappa shape index (κ2) is 5.20. The first-order valence-corrected chi connectivity index (χ1v) is 5.32. The van der Waals surface area contributed by atoms with Gasteiger partial charge in [0, 0.05) is 25.7 Å². The van der Waals surface area contributed by atoms with E-state index >= 15 is 0 Å². The summed E-state index contributed by atoms with van der Waals surface area (Å²) < 4.78 is 0. The van der Waals surface area contributed by atoms with Gasteiger partial charge in [0.25, 0.3) is 0 Å². The number of hydrogen-bond donors (Lipinski definition) is 2. The molecule has 0 atom stereocenters. The van der Waals surface area contributed by atoms with Gasteiger partial charge in [-0.05, 0) is 32.6 Å². The number of rotatable bonds is 2. The van der Waals surface area contributed by atoms with Crippen molar-refractivity contribution in [3.8, 4) is 0 Å². The van der Waals surface area contributed by atoms with Crippen molar-refractivity contribution in [2.24, 2.45) is 16.6 Å². The van der Waals surface area contributed by atoms with Crippen molar-refractivity contribution in [1.82, 2.24) is 4.90 Å². The van der Waals surface area contributed by atoms with Crippen LogP contribution in [0.4, 0.5) is 0 Å². The molecule has 1 aliphatic rings. The Kier molecular flexibility index (Phi) is 4.20. The summed E-state index contributed by atoms with van der Waals surface area (Å²) in [4.78, 5) is 6.41.